The third kappa shape index (κ3) is 5.37. The minimum absolute atomic E-state index is 0.0215. The normalized spacial score (nSPS) is 16.9. The SMILES string of the molecule is COc1cccc(C2/C(=C(\O)c3cc(Cl)c(OC)cc3OC)C(=O)C(=O)N2Cc2cccc(C(F)(F)F)c2)c1. The second kappa shape index (κ2) is 10.9. The maximum Gasteiger partial charge on any atom is 0.416 e. The van der Waals surface area contributed by atoms with Crippen LogP contribution in [0.5, 0.6) is 17.2 Å². The summed E-state index contributed by atoms with van der Waals surface area (Å²) in [5.41, 5.74) is -0.634. The number of methoxy groups -OCH3 is 3. The minimum atomic E-state index is -4.60. The molecule has 3 aromatic carbocycles. The number of carbonyl (C=O) groups excluding carboxylic acids is 2. The molecule has 7 nitrogen and oxygen atoms in total. The van der Waals surface area contributed by atoms with E-state index in [0.717, 1.165) is 17.0 Å². The molecule has 3 aromatic rings. The van der Waals surface area contributed by atoms with E-state index in [1.165, 1.54) is 45.6 Å². The molecule has 1 N–H and O–H groups in total. The first-order valence-corrected chi connectivity index (χ1v) is 11.9. The number of ether oxygens (including phenoxy) is 3. The molecule has 0 saturated carbocycles. The summed E-state index contributed by atoms with van der Waals surface area (Å²) in [7, 11) is 4.16. The van der Waals surface area contributed by atoms with Gasteiger partial charge in [-0.25, -0.2) is 0 Å². The quantitative estimate of drug-likeness (QED) is 0.216. The summed E-state index contributed by atoms with van der Waals surface area (Å²) in [6.45, 7) is -0.340. The maximum absolute atomic E-state index is 13.4. The Morgan fingerprint density at radius 2 is 1.64 bits per heavy atom. The van der Waals surface area contributed by atoms with Gasteiger partial charge in [0.2, 0.25) is 0 Å². The molecule has 0 radical (unpaired) electrons. The molecule has 39 heavy (non-hydrogen) atoms. The molecule has 1 heterocycles. The van der Waals surface area contributed by atoms with Crippen LogP contribution in [0.3, 0.4) is 0 Å². The summed E-state index contributed by atoms with van der Waals surface area (Å²) < 4.78 is 55.9. The highest BCUT2D eigenvalue weighted by atomic mass is 35.5. The van der Waals surface area contributed by atoms with E-state index in [4.69, 9.17) is 25.8 Å². The smallest absolute Gasteiger partial charge is 0.416 e. The number of carbonyl (C=O) groups is 2. The fourth-order valence-electron chi connectivity index (χ4n) is 4.43. The van der Waals surface area contributed by atoms with Gasteiger partial charge in [-0.15, -0.1) is 0 Å². The second-order valence-corrected chi connectivity index (χ2v) is 9.00. The first-order valence-electron chi connectivity index (χ1n) is 11.5. The molecular weight excluding hydrogens is 539 g/mol. The highest BCUT2D eigenvalue weighted by molar-refractivity contribution is 6.46. The van der Waals surface area contributed by atoms with Crippen molar-refractivity contribution in [3.8, 4) is 17.2 Å². The van der Waals surface area contributed by atoms with Crippen LogP contribution < -0.4 is 14.2 Å². The zero-order valence-electron chi connectivity index (χ0n) is 21.0. The van der Waals surface area contributed by atoms with Gasteiger partial charge in [-0.2, -0.15) is 13.2 Å². The molecule has 1 aliphatic rings. The van der Waals surface area contributed by atoms with Crippen LogP contribution in [0.1, 0.15) is 28.3 Å². The van der Waals surface area contributed by atoms with Gasteiger partial charge in [0.1, 0.15) is 23.0 Å². The van der Waals surface area contributed by atoms with Gasteiger partial charge in [0.15, 0.2) is 0 Å². The topological polar surface area (TPSA) is 85.3 Å². The number of benzene rings is 3. The second-order valence-electron chi connectivity index (χ2n) is 8.59. The lowest BCUT2D eigenvalue weighted by atomic mass is 9.94. The Bertz CT molecular complexity index is 1470. The standard InChI is InChI=1S/C28H23ClF3NO6/c1-37-18-9-5-7-16(11-18)24-23(25(34)19-12-20(29)22(39-3)13-21(19)38-2)26(35)27(36)33(24)14-15-6-4-8-17(10-15)28(30,31)32/h4-13,24,34H,14H2,1-3H3/b25-23+. The molecule has 1 atom stereocenters. The number of nitrogens with zero attached hydrogens (tertiary/aromatic N) is 1. The zero-order valence-corrected chi connectivity index (χ0v) is 21.8. The average Bonchev–Trinajstić information content (AvgIpc) is 3.17. The number of likely N-dealkylation sites (tertiary alicyclic amines) is 1. The Hall–Kier alpha value is -4.18. The minimum Gasteiger partial charge on any atom is -0.507 e. The number of ketones is 1. The Labute approximate surface area is 227 Å². The van der Waals surface area contributed by atoms with Crippen molar-refractivity contribution in [3.63, 3.8) is 0 Å². The highest BCUT2D eigenvalue weighted by Crippen LogP contribution is 2.44. The summed E-state index contributed by atoms with van der Waals surface area (Å²) >= 11 is 6.27. The third-order valence-electron chi connectivity index (χ3n) is 6.29. The van der Waals surface area contributed by atoms with E-state index in [2.05, 4.69) is 0 Å². The van der Waals surface area contributed by atoms with Crippen LogP contribution in [0.25, 0.3) is 5.76 Å². The van der Waals surface area contributed by atoms with Crippen LogP contribution in [0.2, 0.25) is 5.02 Å². The van der Waals surface area contributed by atoms with Crippen molar-refractivity contribution in [1.29, 1.82) is 0 Å². The third-order valence-corrected chi connectivity index (χ3v) is 6.58. The molecule has 0 aliphatic carbocycles. The van der Waals surface area contributed by atoms with E-state index in [-0.39, 0.29) is 39.8 Å². The Morgan fingerprint density at radius 1 is 0.949 bits per heavy atom. The molecule has 0 spiro atoms. The van der Waals surface area contributed by atoms with Crippen LogP contribution in [0.15, 0.2) is 66.2 Å². The molecule has 1 amide bonds. The highest BCUT2D eigenvalue weighted by Gasteiger charge is 2.46. The number of aliphatic hydroxyl groups is 1. The van der Waals surface area contributed by atoms with E-state index >= 15 is 0 Å². The molecular formula is C28H23ClF3NO6. The van der Waals surface area contributed by atoms with Gasteiger partial charge in [0.25, 0.3) is 11.7 Å². The molecule has 1 saturated heterocycles. The summed E-state index contributed by atoms with van der Waals surface area (Å²) in [5, 5.41) is 11.5. The lowest BCUT2D eigenvalue weighted by Gasteiger charge is -2.26. The van der Waals surface area contributed by atoms with E-state index < -0.39 is 35.2 Å². The monoisotopic (exact) mass is 561 g/mol. The van der Waals surface area contributed by atoms with Crippen molar-refractivity contribution in [2.75, 3.05) is 21.3 Å². The first kappa shape index (κ1) is 27.8. The van der Waals surface area contributed by atoms with Crippen LogP contribution in [-0.4, -0.2) is 43.0 Å². The number of alkyl halides is 3. The van der Waals surface area contributed by atoms with Crippen molar-refractivity contribution in [3.05, 3.63) is 93.5 Å². The van der Waals surface area contributed by atoms with Gasteiger partial charge in [-0.1, -0.05) is 35.9 Å². The fourth-order valence-corrected chi connectivity index (χ4v) is 4.67. The number of halogens is 4. The van der Waals surface area contributed by atoms with Crippen LogP contribution >= 0.6 is 11.6 Å². The first-order chi connectivity index (χ1) is 18.5. The summed E-state index contributed by atoms with van der Waals surface area (Å²) in [5.74, 6) is -1.83. The van der Waals surface area contributed by atoms with Gasteiger partial charge in [0.05, 0.1) is 49.1 Å². The average molecular weight is 562 g/mol. The number of Topliss-reactive ketones (excluding diaryl/α,β-unsaturated/α-hetero) is 1. The number of aliphatic hydroxyl groups excluding tert-OH is 1. The van der Waals surface area contributed by atoms with Crippen molar-refractivity contribution >= 4 is 29.1 Å². The number of hydrogen-bond acceptors (Lipinski definition) is 6. The van der Waals surface area contributed by atoms with Gasteiger partial charge in [-0.3, -0.25) is 9.59 Å². The predicted molar refractivity (Wildman–Crippen MR) is 137 cm³/mol. The van der Waals surface area contributed by atoms with E-state index in [0.29, 0.717) is 11.3 Å². The number of rotatable bonds is 7. The van der Waals surface area contributed by atoms with Crippen molar-refractivity contribution in [2.45, 2.75) is 18.8 Å². The lowest BCUT2D eigenvalue weighted by Crippen LogP contribution is -2.29. The van der Waals surface area contributed by atoms with Crippen LogP contribution in [-0.2, 0) is 22.3 Å². The summed E-state index contributed by atoms with van der Waals surface area (Å²) in [6.07, 6.45) is -4.60. The van der Waals surface area contributed by atoms with Gasteiger partial charge < -0.3 is 24.2 Å². The molecule has 0 aromatic heterocycles. The Kier molecular flexibility index (Phi) is 7.78. The lowest BCUT2D eigenvalue weighted by molar-refractivity contribution is -0.140. The van der Waals surface area contributed by atoms with Crippen molar-refractivity contribution in [1.82, 2.24) is 4.90 Å². The van der Waals surface area contributed by atoms with Crippen LogP contribution in [0, 0.1) is 0 Å². The molecule has 4 rings (SSSR count). The van der Waals surface area contributed by atoms with E-state index in [9.17, 15) is 27.9 Å². The van der Waals surface area contributed by atoms with Crippen LogP contribution in [0.4, 0.5) is 13.2 Å². The molecule has 11 heteroatoms. The Morgan fingerprint density at radius 3 is 2.28 bits per heavy atom. The van der Waals surface area contributed by atoms with E-state index in [1.54, 1.807) is 24.3 Å². The van der Waals surface area contributed by atoms with Crippen molar-refractivity contribution < 1.29 is 42.1 Å². The molecule has 1 unspecified atom stereocenters. The summed E-state index contributed by atoms with van der Waals surface area (Å²) in [6, 6.07) is 12.5. The summed E-state index contributed by atoms with van der Waals surface area (Å²) in [4.78, 5) is 27.8. The Balaban J connectivity index is 1.91. The number of hydrogen-bond donors (Lipinski definition) is 1. The molecule has 1 aliphatic heterocycles. The molecule has 1 fully saturated rings. The number of amides is 1. The molecule has 0 bridgehead atoms. The maximum atomic E-state index is 13.4. The zero-order chi connectivity index (χ0) is 28.5. The van der Waals surface area contributed by atoms with E-state index in [1.807, 2.05) is 0 Å². The fraction of sp³-hybridized carbons (Fsp3) is 0.214. The van der Waals surface area contributed by atoms with Crippen molar-refractivity contribution in [2.24, 2.45) is 0 Å². The van der Waals surface area contributed by atoms with Gasteiger partial charge in [-0.05, 0) is 41.5 Å². The predicted octanol–water partition coefficient (Wildman–Crippen LogP) is 6.01. The van der Waals surface area contributed by atoms with Gasteiger partial charge in [0, 0.05) is 12.6 Å². The largest absolute Gasteiger partial charge is 0.507 e. The van der Waals surface area contributed by atoms with Gasteiger partial charge >= 0.3 is 6.18 Å². The molecule has 204 valence electrons.